The molecule has 0 spiro atoms. The Balaban J connectivity index is 1.77. The lowest BCUT2D eigenvalue weighted by atomic mass is 9.71. The summed E-state index contributed by atoms with van der Waals surface area (Å²) >= 11 is 0. The second-order valence-electron chi connectivity index (χ2n) is 9.61. The molecular formula is C30H35NO5. The number of Topliss-reactive ketones (excluding diaryl/α,β-unsaturated/α-hetero) is 1. The van der Waals surface area contributed by atoms with Crippen LogP contribution in [0.4, 0.5) is 0 Å². The Morgan fingerprint density at radius 1 is 1.06 bits per heavy atom. The molecule has 36 heavy (non-hydrogen) atoms. The second-order valence-corrected chi connectivity index (χ2v) is 9.61. The fourth-order valence-corrected chi connectivity index (χ4v) is 5.20. The number of hydrogen-bond donors (Lipinski definition) is 1. The molecule has 0 unspecified atom stereocenters. The normalized spacial score (nSPS) is 20.4. The van der Waals surface area contributed by atoms with Gasteiger partial charge in [0.1, 0.15) is 0 Å². The maximum atomic E-state index is 13.8. The van der Waals surface area contributed by atoms with Gasteiger partial charge in [-0.1, -0.05) is 37.3 Å². The first-order chi connectivity index (χ1) is 17.3. The lowest BCUT2D eigenvalue weighted by Gasteiger charge is -2.37. The molecule has 1 aliphatic heterocycles. The van der Waals surface area contributed by atoms with Crippen molar-refractivity contribution in [3.63, 3.8) is 0 Å². The van der Waals surface area contributed by atoms with Crippen LogP contribution >= 0.6 is 0 Å². The highest BCUT2D eigenvalue weighted by Gasteiger charge is 2.42. The number of aryl methyl sites for hydroxylation is 1. The van der Waals surface area contributed by atoms with Crippen LogP contribution in [0.5, 0.6) is 11.5 Å². The van der Waals surface area contributed by atoms with E-state index in [4.69, 9.17) is 14.2 Å². The van der Waals surface area contributed by atoms with E-state index in [0.29, 0.717) is 35.5 Å². The molecule has 0 amide bonds. The Morgan fingerprint density at radius 3 is 2.44 bits per heavy atom. The van der Waals surface area contributed by atoms with Gasteiger partial charge >= 0.3 is 5.97 Å². The first-order valence-electron chi connectivity index (χ1n) is 12.5. The van der Waals surface area contributed by atoms with Crippen LogP contribution in [0.3, 0.4) is 0 Å². The van der Waals surface area contributed by atoms with Crippen LogP contribution in [0.2, 0.25) is 0 Å². The number of benzene rings is 2. The summed E-state index contributed by atoms with van der Waals surface area (Å²) in [6.07, 6.45) is 1.53. The van der Waals surface area contributed by atoms with Crippen LogP contribution < -0.4 is 14.8 Å². The second kappa shape index (κ2) is 10.6. The summed E-state index contributed by atoms with van der Waals surface area (Å²) in [5.74, 6) is 0.493. The van der Waals surface area contributed by atoms with Gasteiger partial charge in [-0.2, -0.15) is 0 Å². The van der Waals surface area contributed by atoms with Gasteiger partial charge in [0, 0.05) is 29.3 Å². The van der Waals surface area contributed by atoms with Gasteiger partial charge in [-0.05, 0) is 68.4 Å². The molecule has 6 nitrogen and oxygen atoms in total. The summed E-state index contributed by atoms with van der Waals surface area (Å²) in [7, 11) is 3.22. The predicted octanol–water partition coefficient (Wildman–Crippen LogP) is 5.72. The monoisotopic (exact) mass is 489 g/mol. The highest BCUT2D eigenvalue weighted by atomic mass is 16.5. The molecular weight excluding hydrogens is 454 g/mol. The van der Waals surface area contributed by atoms with E-state index in [2.05, 4.69) is 5.32 Å². The number of carbonyl (C=O) groups is 2. The molecule has 1 N–H and O–H groups in total. The molecule has 0 aromatic heterocycles. The van der Waals surface area contributed by atoms with Crippen LogP contribution in [-0.2, 0) is 14.3 Å². The zero-order valence-electron chi connectivity index (χ0n) is 21.9. The molecule has 0 bridgehead atoms. The van der Waals surface area contributed by atoms with E-state index in [0.717, 1.165) is 34.5 Å². The molecule has 2 aromatic carbocycles. The highest BCUT2D eigenvalue weighted by Crippen LogP contribution is 2.47. The lowest BCUT2D eigenvalue weighted by molar-refractivity contribution is -0.144. The van der Waals surface area contributed by atoms with Gasteiger partial charge in [0.2, 0.25) is 0 Å². The fraction of sp³-hybridized carbons (Fsp3) is 0.400. The number of nitrogens with one attached hydrogen (secondary N) is 1. The average molecular weight is 490 g/mol. The molecule has 1 aliphatic carbocycles. The number of carbonyl (C=O) groups excluding carboxylic acids is 2. The molecule has 0 saturated carbocycles. The van der Waals surface area contributed by atoms with Crippen molar-refractivity contribution < 1.29 is 23.8 Å². The van der Waals surface area contributed by atoms with Crippen molar-refractivity contribution in [3.05, 3.63) is 81.7 Å². The van der Waals surface area contributed by atoms with Crippen molar-refractivity contribution >= 4 is 11.8 Å². The Hall–Kier alpha value is -3.54. The zero-order valence-corrected chi connectivity index (χ0v) is 21.9. The first-order valence-corrected chi connectivity index (χ1v) is 12.5. The van der Waals surface area contributed by atoms with E-state index >= 15 is 0 Å². The number of dihydropyridines is 1. The number of hydrogen-bond acceptors (Lipinski definition) is 6. The largest absolute Gasteiger partial charge is 0.493 e. The number of ether oxygens (including phenoxy) is 3. The zero-order chi connectivity index (χ0) is 26.0. The lowest BCUT2D eigenvalue weighted by Crippen LogP contribution is -2.36. The smallest absolute Gasteiger partial charge is 0.337 e. The van der Waals surface area contributed by atoms with Crippen LogP contribution in [0.1, 0.15) is 68.6 Å². The number of rotatable bonds is 7. The quantitative estimate of drug-likeness (QED) is 0.502. The Morgan fingerprint density at radius 2 is 1.78 bits per heavy atom. The molecule has 2 aromatic rings. The third-order valence-electron chi connectivity index (χ3n) is 7.31. The van der Waals surface area contributed by atoms with Crippen molar-refractivity contribution in [2.75, 3.05) is 14.2 Å². The van der Waals surface area contributed by atoms with Gasteiger partial charge in [-0.15, -0.1) is 0 Å². The molecule has 2 aliphatic rings. The first kappa shape index (κ1) is 25.5. The number of methoxy groups -OCH3 is 2. The third kappa shape index (κ3) is 4.77. The fourth-order valence-electron chi connectivity index (χ4n) is 5.20. The SMILES string of the molecule is CC[C@H](C)OC(=O)C1=C(C)NC2=C(C(=O)C[C@@H](c3ccc(OC)c(OC)c3)C2)[C@H]1c1ccccc1C. The van der Waals surface area contributed by atoms with Crippen molar-refractivity contribution in [2.24, 2.45) is 0 Å². The average Bonchev–Trinajstić information content (AvgIpc) is 2.87. The molecule has 0 radical (unpaired) electrons. The van der Waals surface area contributed by atoms with E-state index < -0.39 is 5.92 Å². The summed E-state index contributed by atoms with van der Waals surface area (Å²) < 4.78 is 16.6. The van der Waals surface area contributed by atoms with Crippen molar-refractivity contribution in [2.45, 2.75) is 64.9 Å². The topological polar surface area (TPSA) is 73.9 Å². The van der Waals surface area contributed by atoms with Gasteiger partial charge in [0.15, 0.2) is 17.3 Å². The van der Waals surface area contributed by atoms with E-state index in [1.165, 1.54) is 0 Å². The summed E-state index contributed by atoms with van der Waals surface area (Å²) in [5.41, 5.74) is 5.80. The minimum atomic E-state index is -0.460. The number of allylic oxidation sites excluding steroid dienone is 3. The van der Waals surface area contributed by atoms with E-state index in [9.17, 15) is 9.59 Å². The summed E-state index contributed by atoms with van der Waals surface area (Å²) in [4.78, 5) is 27.2. The maximum Gasteiger partial charge on any atom is 0.337 e. The highest BCUT2D eigenvalue weighted by molar-refractivity contribution is 6.04. The van der Waals surface area contributed by atoms with E-state index in [1.54, 1.807) is 14.2 Å². The van der Waals surface area contributed by atoms with Gasteiger partial charge in [-0.25, -0.2) is 4.79 Å². The van der Waals surface area contributed by atoms with Gasteiger partial charge < -0.3 is 19.5 Å². The minimum Gasteiger partial charge on any atom is -0.493 e. The molecule has 6 heteroatoms. The summed E-state index contributed by atoms with van der Waals surface area (Å²) in [6, 6.07) is 13.8. The molecule has 4 rings (SSSR count). The van der Waals surface area contributed by atoms with Gasteiger partial charge in [-0.3, -0.25) is 4.79 Å². The Kier molecular flexibility index (Phi) is 7.53. The van der Waals surface area contributed by atoms with Crippen LogP contribution in [-0.4, -0.2) is 32.1 Å². The van der Waals surface area contributed by atoms with Crippen molar-refractivity contribution in [1.29, 1.82) is 0 Å². The van der Waals surface area contributed by atoms with Crippen molar-refractivity contribution in [3.8, 4) is 11.5 Å². The van der Waals surface area contributed by atoms with E-state index in [1.807, 2.05) is 70.2 Å². The van der Waals surface area contributed by atoms with Crippen LogP contribution in [0.25, 0.3) is 0 Å². The summed E-state index contributed by atoms with van der Waals surface area (Å²) in [5, 5.41) is 3.42. The maximum absolute atomic E-state index is 13.8. The number of ketones is 1. The standard InChI is InChI=1S/C30H35NO5/c1-7-18(3)36-30(33)27-19(4)31-23-14-21(20-12-13-25(34-5)26(16-20)35-6)15-24(32)29(23)28(27)22-11-9-8-10-17(22)2/h8-13,16,18,21,28,31H,7,14-15H2,1-6H3/t18-,21-,28-/m0/s1. The predicted molar refractivity (Wildman–Crippen MR) is 139 cm³/mol. The van der Waals surface area contributed by atoms with Crippen LogP contribution in [0, 0.1) is 6.92 Å². The van der Waals surface area contributed by atoms with Gasteiger partial charge in [0.05, 0.1) is 25.9 Å². The minimum absolute atomic E-state index is 0.0116. The van der Waals surface area contributed by atoms with Crippen molar-refractivity contribution in [1.82, 2.24) is 5.32 Å². The van der Waals surface area contributed by atoms with Crippen LogP contribution in [0.15, 0.2) is 65.0 Å². The molecule has 3 atom stereocenters. The molecule has 190 valence electrons. The number of esters is 1. The third-order valence-corrected chi connectivity index (χ3v) is 7.31. The summed E-state index contributed by atoms with van der Waals surface area (Å²) in [6.45, 7) is 7.78. The molecule has 0 fully saturated rings. The Labute approximate surface area is 213 Å². The van der Waals surface area contributed by atoms with E-state index in [-0.39, 0.29) is 23.8 Å². The Bertz CT molecular complexity index is 1240. The molecule has 0 saturated heterocycles. The molecule has 1 heterocycles. The van der Waals surface area contributed by atoms with Gasteiger partial charge in [0.25, 0.3) is 0 Å².